The number of methoxy groups -OCH3 is 1. The van der Waals surface area contributed by atoms with Crippen LogP contribution in [-0.2, 0) is 4.79 Å². The van der Waals surface area contributed by atoms with Crippen molar-refractivity contribution in [1.82, 2.24) is 20.5 Å². The highest BCUT2D eigenvalue weighted by Gasteiger charge is 2.12. The molecule has 1 aromatic heterocycles. The monoisotopic (exact) mass is 467 g/mol. The highest BCUT2D eigenvalue weighted by Crippen LogP contribution is 2.23. The van der Waals surface area contributed by atoms with E-state index in [1.165, 1.54) is 0 Å². The Hall–Kier alpha value is -4.72. The first-order chi connectivity index (χ1) is 17.0. The Morgan fingerprint density at radius 2 is 1.80 bits per heavy atom. The summed E-state index contributed by atoms with van der Waals surface area (Å²) in [6.45, 7) is 1.81. The van der Waals surface area contributed by atoms with Crippen LogP contribution < -0.4 is 15.5 Å². The zero-order valence-electron chi connectivity index (χ0n) is 19.4. The molecule has 2 N–H and O–H groups in total. The third-order valence-corrected chi connectivity index (χ3v) is 5.21. The molecule has 4 rings (SSSR count). The Bertz CT molecular complexity index is 1350. The molecule has 0 unspecified atom stereocenters. The van der Waals surface area contributed by atoms with Gasteiger partial charge in [-0.3, -0.25) is 9.59 Å². The van der Waals surface area contributed by atoms with E-state index in [2.05, 4.69) is 15.8 Å². The van der Waals surface area contributed by atoms with Gasteiger partial charge in [-0.2, -0.15) is 10.2 Å². The van der Waals surface area contributed by atoms with E-state index in [0.717, 1.165) is 28.1 Å². The van der Waals surface area contributed by atoms with E-state index < -0.39 is 5.91 Å². The molecular formula is C27H25N5O3. The maximum absolute atomic E-state index is 12.2. The SMILES string of the molecule is COc1ccc(C(=O)NCC(=O)N/N=C/c2cn(-c3ccccc3)nc2-c2cccc(C)c2)cc1. The molecular weight excluding hydrogens is 442 g/mol. The summed E-state index contributed by atoms with van der Waals surface area (Å²) in [7, 11) is 1.55. The van der Waals surface area contributed by atoms with Crippen LogP contribution in [-0.4, -0.2) is 41.5 Å². The van der Waals surface area contributed by atoms with Gasteiger partial charge in [-0.15, -0.1) is 0 Å². The molecule has 0 fully saturated rings. The van der Waals surface area contributed by atoms with Gasteiger partial charge in [0, 0.05) is 22.9 Å². The van der Waals surface area contributed by atoms with Gasteiger partial charge in [0.2, 0.25) is 0 Å². The van der Waals surface area contributed by atoms with Crippen LogP contribution in [0.4, 0.5) is 0 Å². The van der Waals surface area contributed by atoms with Crippen LogP contribution >= 0.6 is 0 Å². The second kappa shape index (κ2) is 10.9. The zero-order chi connectivity index (χ0) is 24.6. The van der Waals surface area contributed by atoms with Gasteiger partial charge >= 0.3 is 0 Å². The number of amides is 2. The lowest BCUT2D eigenvalue weighted by atomic mass is 10.1. The number of aryl methyl sites for hydroxylation is 1. The number of rotatable bonds is 8. The van der Waals surface area contributed by atoms with Gasteiger partial charge in [0.05, 0.1) is 25.6 Å². The number of carbonyl (C=O) groups is 2. The van der Waals surface area contributed by atoms with Gasteiger partial charge < -0.3 is 10.1 Å². The van der Waals surface area contributed by atoms with Crippen LogP contribution in [0.15, 0.2) is 90.2 Å². The summed E-state index contributed by atoms with van der Waals surface area (Å²) in [5, 5.41) is 11.4. The van der Waals surface area contributed by atoms with Crippen LogP contribution in [0, 0.1) is 6.92 Å². The van der Waals surface area contributed by atoms with Gasteiger partial charge in [-0.05, 0) is 49.4 Å². The molecule has 8 nitrogen and oxygen atoms in total. The Kier molecular flexibility index (Phi) is 7.32. The van der Waals surface area contributed by atoms with Crippen molar-refractivity contribution in [2.45, 2.75) is 6.92 Å². The second-order valence-corrected chi connectivity index (χ2v) is 7.79. The molecule has 3 aromatic carbocycles. The molecule has 1 heterocycles. The Morgan fingerprint density at radius 1 is 1.03 bits per heavy atom. The van der Waals surface area contributed by atoms with Crippen molar-refractivity contribution in [3.05, 3.63) is 102 Å². The normalized spacial score (nSPS) is 10.8. The lowest BCUT2D eigenvalue weighted by molar-refractivity contribution is -0.120. The van der Waals surface area contributed by atoms with E-state index >= 15 is 0 Å². The highest BCUT2D eigenvalue weighted by atomic mass is 16.5. The predicted molar refractivity (Wildman–Crippen MR) is 135 cm³/mol. The van der Waals surface area contributed by atoms with Crippen LogP contribution in [0.5, 0.6) is 5.75 Å². The van der Waals surface area contributed by atoms with E-state index in [1.807, 2.05) is 67.7 Å². The molecule has 0 spiro atoms. The summed E-state index contributed by atoms with van der Waals surface area (Å²) in [4.78, 5) is 24.4. The minimum absolute atomic E-state index is 0.212. The number of carbonyl (C=O) groups excluding carboxylic acids is 2. The molecule has 0 radical (unpaired) electrons. The van der Waals surface area contributed by atoms with Crippen molar-refractivity contribution >= 4 is 18.0 Å². The van der Waals surface area contributed by atoms with Gasteiger partial charge in [-0.25, -0.2) is 10.1 Å². The number of hydrazone groups is 1. The van der Waals surface area contributed by atoms with Crippen molar-refractivity contribution < 1.29 is 14.3 Å². The zero-order valence-corrected chi connectivity index (χ0v) is 19.4. The number of para-hydroxylation sites is 1. The molecule has 0 saturated heterocycles. The Balaban J connectivity index is 1.44. The van der Waals surface area contributed by atoms with Crippen LogP contribution in [0.3, 0.4) is 0 Å². The molecule has 176 valence electrons. The summed E-state index contributed by atoms with van der Waals surface area (Å²) in [6.07, 6.45) is 3.40. The average molecular weight is 468 g/mol. The predicted octanol–water partition coefficient (Wildman–Crippen LogP) is 3.74. The van der Waals surface area contributed by atoms with Crippen molar-refractivity contribution in [2.24, 2.45) is 5.10 Å². The number of hydrogen-bond donors (Lipinski definition) is 2. The fraction of sp³-hybridized carbons (Fsp3) is 0.111. The Morgan fingerprint density at radius 3 is 2.51 bits per heavy atom. The molecule has 0 aliphatic heterocycles. The van der Waals surface area contributed by atoms with E-state index in [9.17, 15) is 9.59 Å². The minimum Gasteiger partial charge on any atom is -0.497 e. The number of nitrogens with one attached hydrogen (secondary N) is 2. The maximum atomic E-state index is 12.2. The molecule has 4 aromatic rings. The third kappa shape index (κ3) is 6.00. The van der Waals surface area contributed by atoms with E-state index in [4.69, 9.17) is 9.84 Å². The van der Waals surface area contributed by atoms with Gasteiger partial charge in [-0.1, -0.05) is 42.0 Å². The molecule has 35 heavy (non-hydrogen) atoms. The number of aromatic nitrogens is 2. The number of nitrogens with zero attached hydrogens (tertiary/aromatic N) is 3. The lowest BCUT2D eigenvalue weighted by Gasteiger charge is -2.05. The summed E-state index contributed by atoms with van der Waals surface area (Å²) >= 11 is 0. The first-order valence-corrected chi connectivity index (χ1v) is 11.0. The van der Waals surface area contributed by atoms with E-state index in [-0.39, 0.29) is 12.5 Å². The maximum Gasteiger partial charge on any atom is 0.259 e. The van der Waals surface area contributed by atoms with Gasteiger partial charge in [0.1, 0.15) is 11.4 Å². The van der Waals surface area contributed by atoms with Crippen LogP contribution in [0.25, 0.3) is 16.9 Å². The molecule has 0 aliphatic carbocycles. The fourth-order valence-electron chi connectivity index (χ4n) is 3.43. The number of hydrogen-bond acceptors (Lipinski definition) is 5. The smallest absolute Gasteiger partial charge is 0.259 e. The topological polar surface area (TPSA) is 97.6 Å². The van der Waals surface area contributed by atoms with Crippen LogP contribution in [0.2, 0.25) is 0 Å². The summed E-state index contributed by atoms with van der Waals surface area (Å²) in [6, 6.07) is 24.4. The quantitative estimate of drug-likeness (QED) is 0.305. The first-order valence-electron chi connectivity index (χ1n) is 11.0. The van der Waals surface area contributed by atoms with Crippen molar-refractivity contribution in [2.75, 3.05) is 13.7 Å². The Labute approximate surface area is 203 Å². The highest BCUT2D eigenvalue weighted by molar-refractivity contribution is 5.96. The van der Waals surface area contributed by atoms with Crippen molar-refractivity contribution in [3.63, 3.8) is 0 Å². The van der Waals surface area contributed by atoms with Crippen LogP contribution in [0.1, 0.15) is 21.5 Å². The molecule has 0 bridgehead atoms. The molecule has 0 atom stereocenters. The van der Waals surface area contributed by atoms with E-state index in [0.29, 0.717) is 11.3 Å². The average Bonchev–Trinajstić information content (AvgIpc) is 3.32. The molecule has 0 aliphatic rings. The van der Waals surface area contributed by atoms with Gasteiger partial charge in [0.15, 0.2) is 0 Å². The minimum atomic E-state index is -0.448. The summed E-state index contributed by atoms with van der Waals surface area (Å²) < 4.78 is 6.85. The summed E-state index contributed by atoms with van der Waals surface area (Å²) in [5.41, 5.74) is 7.32. The first kappa shape index (κ1) is 23.4. The lowest BCUT2D eigenvalue weighted by Crippen LogP contribution is -2.34. The van der Waals surface area contributed by atoms with Crippen molar-refractivity contribution in [1.29, 1.82) is 0 Å². The fourth-order valence-corrected chi connectivity index (χ4v) is 3.43. The van der Waals surface area contributed by atoms with Crippen molar-refractivity contribution in [3.8, 4) is 22.7 Å². The molecule has 8 heteroatoms. The third-order valence-electron chi connectivity index (χ3n) is 5.21. The standard InChI is InChI=1S/C27H25N5O3/c1-19-7-6-8-21(15-19)26-22(18-32(31-26)23-9-4-3-5-10-23)16-29-30-25(33)17-28-27(34)20-11-13-24(35-2)14-12-20/h3-16,18H,17H2,1-2H3,(H,28,34)(H,30,33)/b29-16+. The summed E-state index contributed by atoms with van der Waals surface area (Å²) in [5.74, 6) is -0.164. The number of ether oxygens (including phenoxy) is 1. The van der Waals surface area contributed by atoms with E-state index in [1.54, 1.807) is 42.3 Å². The van der Waals surface area contributed by atoms with Gasteiger partial charge in [0.25, 0.3) is 11.8 Å². The molecule has 0 saturated carbocycles. The second-order valence-electron chi connectivity index (χ2n) is 7.79. The number of benzene rings is 3. The molecule has 2 amide bonds. The largest absolute Gasteiger partial charge is 0.497 e.